The van der Waals surface area contributed by atoms with Gasteiger partial charge in [0.05, 0.1) is 17.9 Å². The number of carbonyl (C=O) groups is 1. The lowest BCUT2D eigenvalue weighted by Crippen LogP contribution is -2.37. The average molecular weight is 268 g/mol. The van der Waals surface area contributed by atoms with Crippen LogP contribution in [-0.2, 0) is 11.3 Å². The van der Waals surface area contributed by atoms with E-state index in [4.69, 9.17) is 0 Å². The van der Waals surface area contributed by atoms with E-state index in [-0.39, 0.29) is 5.91 Å². The summed E-state index contributed by atoms with van der Waals surface area (Å²) in [5, 5.41) is 5.97. The van der Waals surface area contributed by atoms with Crippen LogP contribution in [0.4, 0.5) is 17.2 Å². The van der Waals surface area contributed by atoms with Gasteiger partial charge in [-0.1, -0.05) is 18.2 Å². The van der Waals surface area contributed by atoms with Crippen LogP contribution in [0.2, 0.25) is 0 Å². The first kappa shape index (κ1) is 12.5. The third-order valence-corrected chi connectivity index (χ3v) is 3.34. The van der Waals surface area contributed by atoms with Gasteiger partial charge in [-0.25, -0.2) is 4.98 Å². The number of hydrogen-bond donors (Lipinski definition) is 2. The molecule has 1 aliphatic heterocycles. The molecule has 1 aliphatic rings. The number of amides is 1. The van der Waals surface area contributed by atoms with Crippen molar-refractivity contribution in [3.05, 3.63) is 48.2 Å². The van der Waals surface area contributed by atoms with Crippen molar-refractivity contribution in [1.29, 1.82) is 0 Å². The van der Waals surface area contributed by atoms with E-state index < -0.39 is 0 Å². The maximum absolute atomic E-state index is 11.8. The summed E-state index contributed by atoms with van der Waals surface area (Å²) in [7, 11) is 1.85. The molecule has 0 aliphatic carbocycles. The minimum Gasteiger partial charge on any atom is -0.373 e. The lowest BCUT2D eigenvalue weighted by atomic mass is 10.1. The Morgan fingerprint density at radius 1 is 1.30 bits per heavy atom. The molecule has 0 saturated carbocycles. The number of rotatable bonds is 3. The van der Waals surface area contributed by atoms with E-state index >= 15 is 0 Å². The molecule has 0 unspecified atom stereocenters. The predicted molar refractivity (Wildman–Crippen MR) is 79.9 cm³/mol. The molecule has 0 saturated heterocycles. The third-order valence-electron chi connectivity index (χ3n) is 3.34. The number of para-hydroxylation sites is 2. The predicted octanol–water partition coefficient (Wildman–Crippen LogP) is 2.08. The zero-order chi connectivity index (χ0) is 13.9. The van der Waals surface area contributed by atoms with Gasteiger partial charge in [0, 0.05) is 25.4 Å². The van der Waals surface area contributed by atoms with Gasteiger partial charge in [0.1, 0.15) is 5.82 Å². The number of aromatic nitrogens is 1. The first-order valence-electron chi connectivity index (χ1n) is 6.53. The first-order chi connectivity index (χ1) is 9.78. The van der Waals surface area contributed by atoms with Crippen molar-refractivity contribution in [1.82, 2.24) is 4.98 Å². The van der Waals surface area contributed by atoms with Crippen molar-refractivity contribution in [2.45, 2.75) is 6.54 Å². The summed E-state index contributed by atoms with van der Waals surface area (Å²) >= 11 is 0. The summed E-state index contributed by atoms with van der Waals surface area (Å²) < 4.78 is 0. The highest BCUT2D eigenvalue weighted by Gasteiger charge is 2.22. The van der Waals surface area contributed by atoms with Crippen LogP contribution in [-0.4, -0.2) is 24.5 Å². The van der Waals surface area contributed by atoms with Crippen LogP contribution in [0.25, 0.3) is 0 Å². The summed E-state index contributed by atoms with van der Waals surface area (Å²) in [6.07, 6.45) is 1.76. The highest BCUT2D eigenvalue weighted by atomic mass is 16.2. The van der Waals surface area contributed by atoms with E-state index in [0.29, 0.717) is 13.1 Å². The molecule has 20 heavy (non-hydrogen) atoms. The Morgan fingerprint density at radius 2 is 2.15 bits per heavy atom. The highest BCUT2D eigenvalue weighted by Crippen LogP contribution is 2.30. The molecule has 1 amide bonds. The Bertz CT molecular complexity index is 641. The molecule has 3 rings (SSSR count). The third kappa shape index (κ3) is 2.30. The maximum atomic E-state index is 11.8. The smallest absolute Gasteiger partial charge is 0.243 e. The Hall–Kier alpha value is -2.56. The molecule has 0 radical (unpaired) electrons. The van der Waals surface area contributed by atoms with Crippen molar-refractivity contribution in [3.63, 3.8) is 0 Å². The Morgan fingerprint density at radius 3 is 3.00 bits per heavy atom. The fourth-order valence-corrected chi connectivity index (χ4v) is 2.44. The minimum atomic E-state index is 0.0126. The van der Waals surface area contributed by atoms with E-state index in [1.165, 1.54) is 0 Å². The van der Waals surface area contributed by atoms with Gasteiger partial charge < -0.3 is 15.5 Å². The molecule has 1 aromatic heterocycles. The Balaban J connectivity index is 1.93. The van der Waals surface area contributed by atoms with E-state index in [1.54, 1.807) is 6.20 Å². The highest BCUT2D eigenvalue weighted by molar-refractivity contribution is 6.01. The molecule has 5 heteroatoms. The van der Waals surface area contributed by atoms with Crippen LogP contribution in [0.3, 0.4) is 0 Å². The maximum Gasteiger partial charge on any atom is 0.243 e. The monoisotopic (exact) mass is 268 g/mol. The standard InChI is InChI=1S/C15H16N4O/c1-16-15-11(5-4-8-17-15)9-19-10-14(20)18-12-6-2-3-7-13(12)19/h2-8H,9-10H2,1H3,(H,16,17)(H,18,20). The number of fused-ring (bicyclic) bond motifs is 1. The number of hydrogen-bond acceptors (Lipinski definition) is 4. The van der Waals surface area contributed by atoms with Crippen molar-refractivity contribution in [3.8, 4) is 0 Å². The summed E-state index contributed by atoms with van der Waals surface area (Å²) in [5.41, 5.74) is 2.97. The van der Waals surface area contributed by atoms with Crippen molar-refractivity contribution in [2.75, 3.05) is 29.1 Å². The number of benzene rings is 1. The first-order valence-corrected chi connectivity index (χ1v) is 6.53. The molecule has 102 valence electrons. The van der Waals surface area contributed by atoms with Crippen molar-refractivity contribution in [2.24, 2.45) is 0 Å². The molecule has 0 bridgehead atoms. The molecule has 2 aromatic rings. The van der Waals surface area contributed by atoms with Crippen LogP contribution >= 0.6 is 0 Å². The number of carbonyl (C=O) groups excluding carboxylic acids is 1. The van der Waals surface area contributed by atoms with Crippen LogP contribution in [0, 0.1) is 0 Å². The van der Waals surface area contributed by atoms with Gasteiger partial charge in [0.2, 0.25) is 5.91 Å². The van der Waals surface area contributed by atoms with Crippen molar-refractivity contribution < 1.29 is 4.79 Å². The molecule has 2 N–H and O–H groups in total. The van der Waals surface area contributed by atoms with E-state index in [9.17, 15) is 4.79 Å². The Labute approximate surface area is 117 Å². The molecular weight excluding hydrogens is 252 g/mol. The Kier molecular flexibility index (Phi) is 3.25. The lowest BCUT2D eigenvalue weighted by Gasteiger charge is -2.31. The lowest BCUT2D eigenvalue weighted by molar-refractivity contribution is -0.115. The molecule has 0 atom stereocenters. The van der Waals surface area contributed by atoms with Gasteiger partial charge >= 0.3 is 0 Å². The van der Waals surface area contributed by atoms with Crippen LogP contribution in [0.5, 0.6) is 0 Å². The molecule has 2 heterocycles. The second-order valence-corrected chi connectivity index (χ2v) is 4.68. The molecule has 0 fully saturated rings. The van der Waals surface area contributed by atoms with Gasteiger partial charge in [-0.15, -0.1) is 0 Å². The molecule has 0 spiro atoms. The van der Waals surface area contributed by atoms with Gasteiger partial charge in [0.15, 0.2) is 0 Å². The summed E-state index contributed by atoms with van der Waals surface area (Å²) in [4.78, 5) is 18.2. The minimum absolute atomic E-state index is 0.0126. The quantitative estimate of drug-likeness (QED) is 0.895. The summed E-state index contributed by atoms with van der Waals surface area (Å²) in [6.45, 7) is 1.00. The molecule has 1 aromatic carbocycles. The van der Waals surface area contributed by atoms with E-state index in [0.717, 1.165) is 22.8 Å². The average Bonchev–Trinajstić information content (AvgIpc) is 2.47. The summed E-state index contributed by atoms with van der Waals surface area (Å²) in [5.74, 6) is 0.856. The molecular formula is C15H16N4O. The van der Waals surface area contributed by atoms with Crippen LogP contribution < -0.4 is 15.5 Å². The normalized spacial score (nSPS) is 13.7. The largest absolute Gasteiger partial charge is 0.373 e. The second kappa shape index (κ2) is 5.21. The zero-order valence-electron chi connectivity index (χ0n) is 11.3. The van der Waals surface area contributed by atoms with Gasteiger partial charge in [-0.05, 0) is 18.2 Å². The van der Waals surface area contributed by atoms with Crippen LogP contribution in [0.15, 0.2) is 42.6 Å². The van der Waals surface area contributed by atoms with Crippen molar-refractivity contribution >= 4 is 23.1 Å². The number of pyridine rings is 1. The number of anilines is 3. The summed E-state index contributed by atoms with van der Waals surface area (Å²) in [6, 6.07) is 11.8. The number of nitrogens with one attached hydrogen (secondary N) is 2. The van der Waals surface area contributed by atoms with Crippen LogP contribution in [0.1, 0.15) is 5.56 Å². The van der Waals surface area contributed by atoms with Gasteiger partial charge in [-0.3, -0.25) is 4.79 Å². The fourth-order valence-electron chi connectivity index (χ4n) is 2.44. The number of nitrogens with zero attached hydrogens (tertiary/aromatic N) is 2. The van der Waals surface area contributed by atoms with E-state index in [1.807, 2.05) is 43.4 Å². The topological polar surface area (TPSA) is 57.3 Å². The SMILES string of the molecule is CNc1ncccc1CN1CC(=O)Nc2ccccc21. The fraction of sp³-hybridized carbons (Fsp3) is 0.200. The molecule has 5 nitrogen and oxygen atoms in total. The zero-order valence-corrected chi connectivity index (χ0v) is 11.3. The van der Waals surface area contributed by atoms with Gasteiger partial charge in [-0.2, -0.15) is 0 Å². The second-order valence-electron chi connectivity index (χ2n) is 4.68. The van der Waals surface area contributed by atoms with Gasteiger partial charge in [0.25, 0.3) is 0 Å². The van der Waals surface area contributed by atoms with E-state index in [2.05, 4.69) is 20.5 Å².